The molecule has 0 radical (unpaired) electrons. The number of amides is 1. The van der Waals surface area contributed by atoms with E-state index in [1.165, 1.54) is 16.1 Å². The summed E-state index contributed by atoms with van der Waals surface area (Å²) >= 11 is 7.18. The zero-order valence-corrected chi connectivity index (χ0v) is 11.1. The van der Waals surface area contributed by atoms with Crippen molar-refractivity contribution in [2.24, 2.45) is 0 Å². The molecule has 0 unspecified atom stereocenters. The van der Waals surface area contributed by atoms with E-state index in [-0.39, 0.29) is 5.91 Å². The van der Waals surface area contributed by atoms with Gasteiger partial charge < -0.3 is 0 Å². The normalized spacial score (nSPS) is 10.6. The molecule has 0 aliphatic rings. The molecule has 3 rings (SSSR count). The van der Waals surface area contributed by atoms with E-state index in [2.05, 4.69) is 15.5 Å². The van der Waals surface area contributed by atoms with Crippen LogP contribution in [-0.4, -0.2) is 16.0 Å². The van der Waals surface area contributed by atoms with Crippen LogP contribution in [-0.2, 0) is 0 Å². The Bertz CT molecular complexity index is 744. The monoisotopic (exact) mass is 291 g/mol. The standard InChI is InChI=1S/C12H7ClN4OS/c13-12-15-9-4-3-8(7-10(9)19-12)11(18)16-17-6-2-1-5-14-17/h1-7H/p+1. The SMILES string of the molecule is O=C(N[n+]1ccccn1)c1ccc2nc(Cl)sc2c1. The number of hydrogen-bond acceptors (Lipinski definition) is 4. The van der Waals surface area contributed by atoms with Crippen LogP contribution in [0.15, 0.2) is 42.7 Å². The van der Waals surface area contributed by atoms with Crippen molar-refractivity contribution in [2.75, 3.05) is 5.43 Å². The molecule has 7 heteroatoms. The summed E-state index contributed by atoms with van der Waals surface area (Å²) in [7, 11) is 0. The summed E-state index contributed by atoms with van der Waals surface area (Å²) in [6.07, 6.45) is 3.24. The molecule has 0 bridgehead atoms. The maximum Gasteiger partial charge on any atom is 0.307 e. The molecule has 0 saturated carbocycles. The minimum Gasteiger partial charge on any atom is -0.263 e. The first kappa shape index (κ1) is 12.0. The van der Waals surface area contributed by atoms with Crippen LogP contribution < -0.4 is 10.2 Å². The average molecular weight is 292 g/mol. The van der Waals surface area contributed by atoms with Gasteiger partial charge in [-0.3, -0.25) is 4.79 Å². The molecule has 5 nitrogen and oxygen atoms in total. The molecule has 1 amide bonds. The van der Waals surface area contributed by atoms with Gasteiger partial charge in [0.2, 0.25) is 6.20 Å². The van der Waals surface area contributed by atoms with E-state index in [0.29, 0.717) is 10.0 Å². The lowest BCUT2D eigenvalue weighted by Gasteiger charge is -1.98. The number of benzene rings is 1. The largest absolute Gasteiger partial charge is 0.307 e. The first-order valence-corrected chi connectivity index (χ1v) is 6.62. The fourth-order valence-corrected chi connectivity index (χ4v) is 2.67. The van der Waals surface area contributed by atoms with Crippen LogP contribution >= 0.6 is 22.9 Å². The Labute approximate surface area is 117 Å². The molecule has 0 aliphatic heterocycles. The molecule has 3 aromatic rings. The van der Waals surface area contributed by atoms with E-state index < -0.39 is 0 Å². The number of carbonyl (C=O) groups excluding carboxylic acids is 1. The van der Waals surface area contributed by atoms with Crippen LogP contribution in [0.5, 0.6) is 0 Å². The second kappa shape index (κ2) is 4.91. The van der Waals surface area contributed by atoms with Crippen molar-refractivity contribution in [3.63, 3.8) is 0 Å². The second-order valence-corrected chi connectivity index (χ2v) is 5.35. The maximum absolute atomic E-state index is 12.0. The van der Waals surface area contributed by atoms with Gasteiger partial charge in [0.15, 0.2) is 4.47 Å². The highest BCUT2D eigenvalue weighted by Gasteiger charge is 2.13. The highest BCUT2D eigenvalue weighted by Crippen LogP contribution is 2.26. The van der Waals surface area contributed by atoms with Crippen molar-refractivity contribution >= 4 is 39.1 Å². The Morgan fingerprint density at radius 3 is 3.05 bits per heavy atom. The lowest BCUT2D eigenvalue weighted by atomic mass is 10.2. The quantitative estimate of drug-likeness (QED) is 0.735. The van der Waals surface area contributed by atoms with Crippen LogP contribution in [0.3, 0.4) is 0 Å². The van der Waals surface area contributed by atoms with E-state index in [1.54, 1.807) is 42.7 Å². The van der Waals surface area contributed by atoms with Crippen molar-refractivity contribution in [2.45, 2.75) is 0 Å². The first-order chi connectivity index (χ1) is 9.22. The molecule has 94 valence electrons. The van der Waals surface area contributed by atoms with Gasteiger partial charge in [0.05, 0.1) is 16.4 Å². The van der Waals surface area contributed by atoms with E-state index in [1.807, 2.05) is 0 Å². The molecule has 1 N–H and O–H groups in total. The molecule has 19 heavy (non-hydrogen) atoms. The van der Waals surface area contributed by atoms with Crippen LogP contribution in [0, 0.1) is 0 Å². The summed E-state index contributed by atoms with van der Waals surface area (Å²) in [4.78, 5) is 17.5. The average Bonchev–Trinajstić information content (AvgIpc) is 2.78. The molecule has 0 aliphatic carbocycles. The second-order valence-electron chi connectivity index (χ2n) is 3.73. The Morgan fingerprint density at radius 1 is 1.37 bits per heavy atom. The topological polar surface area (TPSA) is 58.8 Å². The van der Waals surface area contributed by atoms with E-state index in [4.69, 9.17) is 11.6 Å². The summed E-state index contributed by atoms with van der Waals surface area (Å²) < 4.78 is 1.34. The molecule has 0 saturated heterocycles. The number of thiazole rings is 1. The van der Waals surface area contributed by atoms with Gasteiger partial charge in [0.25, 0.3) is 0 Å². The van der Waals surface area contributed by atoms with Crippen molar-refractivity contribution in [3.05, 3.63) is 52.8 Å². The molecule has 1 aromatic carbocycles. The Morgan fingerprint density at radius 2 is 2.26 bits per heavy atom. The molecule has 2 heterocycles. The van der Waals surface area contributed by atoms with E-state index in [0.717, 1.165) is 10.2 Å². The van der Waals surface area contributed by atoms with Gasteiger partial charge in [0.1, 0.15) is 0 Å². The van der Waals surface area contributed by atoms with Gasteiger partial charge in [-0.25, -0.2) is 4.98 Å². The van der Waals surface area contributed by atoms with Gasteiger partial charge in [-0.05, 0) is 24.3 Å². The minimum absolute atomic E-state index is 0.241. The third kappa shape index (κ3) is 2.54. The summed E-state index contributed by atoms with van der Waals surface area (Å²) in [5, 5.41) is 3.96. The van der Waals surface area contributed by atoms with Crippen LogP contribution in [0.4, 0.5) is 0 Å². The van der Waals surface area contributed by atoms with Crippen LogP contribution in [0.1, 0.15) is 10.4 Å². The number of fused-ring (bicyclic) bond motifs is 1. The van der Waals surface area contributed by atoms with E-state index >= 15 is 0 Å². The maximum atomic E-state index is 12.0. The molecular formula is C12H8ClN4OS+. The highest BCUT2D eigenvalue weighted by molar-refractivity contribution is 7.22. The van der Waals surface area contributed by atoms with Gasteiger partial charge in [0, 0.05) is 21.5 Å². The van der Waals surface area contributed by atoms with Gasteiger partial charge in [-0.15, -0.1) is 11.3 Å². The predicted molar refractivity (Wildman–Crippen MR) is 72.8 cm³/mol. The number of nitrogens with zero attached hydrogens (tertiary/aromatic N) is 3. The Kier molecular flexibility index (Phi) is 3.10. The highest BCUT2D eigenvalue weighted by atomic mass is 35.5. The summed E-state index contributed by atoms with van der Waals surface area (Å²) in [6, 6.07) is 8.79. The number of rotatable bonds is 2. The van der Waals surface area contributed by atoms with Gasteiger partial charge in [-0.2, -0.15) is 0 Å². The van der Waals surface area contributed by atoms with Crippen molar-refractivity contribution in [1.29, 1.82) is 0 Å². The van der Waals surface area contributed by atoms with Crippen molar-refractivity contribution in [3.8, 4) is 0 Å². The summed E-state index contributed by atoms with van der Waals surface area (Å²) in [6.45, 7) is 0. The lowest BCUT2D eigenvalue weighted by molar-refractivity contribution is -0.702. The van der Waals surface area contributed by atoms with Gasteiger partial charge >= 0.3 is 5.91 Å². The van der Waals surface area contributed by atoms with E-state index in [9.17, 15) is 4.79 Å². The Hall–Kier alpha value is -2.05. The number of nitrogens with one attached hydrogen (secondary N) is 1. The van der Waals surface area contributed by atoms with Crippen LogP contribution in [0.25, 0.3) is 10.2 Å². The molecule has 0 spiro atoms. The molecule has 0 atom stereocenters. The predicted octanol–water partition coefficient (Wildman–Crippen LogP) is 2.02. The van der Waals surface area contributed by atoms with Crippen molar-refractivity contribution < 1.29 is 9.59 Å². The van der Waals surface area contributed by atoms with Gasteiger partial charge in [-0.1, -0.05) is 17.0 Å². The fraction of sp³-hybridized carbons (Fsp3) is 0. The lowest BCUT2D eigenvalue weighted by Crippen LogP contribution is -2.50. The smallest absolute Gasteiger partial charge is 0.263 e. The molecule has 2 aromatic heterocycles. The molecule has 0 fully saturated rings. The third-order valence-corrected chi connectivity index (χ3v) is 3.58. The Balaban J connectivity index is 1.89. The number of carbonyl (C=O) groups is 1. The summed E-state index contributed by atoms with van der Waals surface area (Å²) in [5.41, 5.74) is 3.97. The zero-order valence-electron chi connectivity index (χ0n) is 9.58. The number of halogens is 1. The third-order valence-electron chi connectivity index (χ3n) is 2.46. The van der Waals surface area contributed by atoms with Crippen LogP contribution in [0.2, 0.25) is 4.47 Å². The number of hydrogen-bond donors (Lipinski definition) is 1. The first-order valence-electron chi connectivity index (χ1n) is 5.43. The molecular weight excluding hydrogens is 284 g/mol. The van der Waals surface area contributed by atoms with Crippen molar-refractivity contribution in [1.82, 2.24) is 10.1 Å². The number of aromatic nitrogens is 3. The fourth-order valence-electron chi connectivity index (χ4n) is 1.60. The zero-order chi connectivity index (χ0) is 13.2. The minimum atomic E-state index is -0.241. The summed E-state index contributed by atoms with van der Waals surface area (Å²) in [5.74, 6) is -0.241.